The van der Waals surface area contributed by atoms with E-state index in [9.17, 15) is 46.1 Å². The van der Waals surface area contributed by atoms with Crippen LogP contribution in [0.5, 0.6) is 11.5 Å². The summed E-state index contributed by atoms with van der Waals surface area (Å²) in [4.78, 5) is 32.6. The van der Waals surface area contributed by atoms with Gasteiger partial charge in [-0.3, -0.25) is 9.59 Å². The summed E-state index contributed by atoms with van der Waals surface area (Å²) in [6.07, 6.45) is -11.6. The number of hydrogen-bond donors (Lipinski definition) is 2. The number of aromatic nitrogens is 6. The molecule has 0 amide bonds. The lowest BCUT2D eigenvalue weighted by molar-refractivity contribution is -0.158. The van der Waals surface area contributed by atoms with Crippen molar-refractivity contribution in [1.29, 1.82) is 0 Å². The Hall–Kier alpha value is -8.38. The highest BCUT2D eigenvalue weighted by Crippen LogP contribution is 2.46. The van der Waals surface area contributed by atoms with Crippen molar-refractivity contribution in [2.24, 2.45) is 11.8 Å². The average molecular weight is 1090 g/mol. The van der Waals surface area contributed by atoms with Crippen LogP contribution in [0.25, 0.3) is 68.6 Å². The van der Waals surface area contributed by atoms with Gasteiger partial charge < -0.3 is 47.3 Å². The maximum Gasteiger partial charge on any atom is 0.422 e. The predicted octanol–water partition coefficient (Wildman–Crippen LogP) is 11.7. The number of alkyl halides is 6. The summed E-state index contributed by atoms with van der Waals surface area (Å²) in [5.74, 6) is -3.70. The van der Waals surface area contributed by atoms with Crippen LogP contribution in [0.15, 0.2) is 115 Å². The van der Waals surface area contributed by atoms with Gasteiger partial charge in [-0.05, 0) is 53.7 Å². The van der Waals surface area contributed by atoms with Crippen LogP contribution in [0, 0.1) is 11.8 Å². The topological polar surface area (TPSA) is 241 Å². The fourth-order valence-corrected chi connectivity index (χ4v) is 8.56. The van der Waals surface area contributed by atoms with Crippen molar-refractivity contribution in [3.63, 3.8) is 0 Å². The first kappa shape index (κ1) is 54.4. The SMILES string of the molecule is CC(C)(C)OC(=O)C[C@@H]1COc2cc(-c3noc(-c4onc(-c5ccccc5)c4C(F)(F)F)n3)ccc2[C@@H]1O.CC(C)(C)OC(=O)C[C@H]1COc2cc(-c3noc(-c4onc(-c5ccccc5)c4C(F)(F)F)n3)ccc2[C@H]1O. The van der Waals surface area contributed by atoms with E-state index in [2.05, 4.69) is 30.6 Å². The van der Waals surface area contributed by atoms with Gasteiger partial charge in [0.1, 0.15) is 45.2 Å². The van der Waals surface area contributed by atoms with E-state index in [1.807, 2.05) is 0 Å². The minimum atomic E-state index is -4.80. The molecule has 2 aliphatic rings. The van der Waals surface area contributed by atoms with E-state index in [0.717, 1.165) is 0 Å². The molecule has 24 heteroatoms. The van der Waals surface area contributed by atoms with Crippen molar-refractivity contribution in [1.82, 2.24) is 30.6 Å². The molecule has 6 heterocycles. The second-order valence-electron chi connectivity index (χ2n) is 20.2. The lowest BCUT2D eigenvalue weighted by atomic mass is 9.90. The molecule has 0 radical (unpaired) electrons. The predicted molar refractivity (Wildman–Crippen MR) is 260 cm³/mol. The lowest BCUT2D eigenvalue weighted by Crippen LogP contribution is -2.31. The molecule has 2 N–H and O–H groups in total. The Morgan fingerprint density at radius 3 is 1.24 bits per heavy atom. The molecule has 2 aliphatic heterocycles. The maximum absolute atomic E-state index is 14.0. The monoisotopic (exact) mass is 1090 g/mol. The second kappa shape index (κ2) is 21.2. The fraction of sp³-hybridized carbons (Fsp3) is 0.333. The number of carbonyl (C=O) groups is 2. The fourth-order valence-electron chi connectivity index (χ4n) is 8.56. The van der Waals surface area contributed by atoms with E-state index in [1.165, 1.54) is 36.4 Å². The number of esters is 2. The summed E-state index contributed by atoms with van der Waals surface area (Å²) in [6.45, 7) is 10.7. The zero-order valence-electron chi connectivity index (χ0n) is 42.3. The van der Waals surface area contributed by atoms with Gasteiger partial charge in [-0.25, -0.2) is 0 Å². The number of carbonyl (C=O) groups excluding carboxylic acids is 2. The number of halogens is 6. The number of fused-ring (bicyclic) bond motifs is 2. The Labute approximate surface area is 439 Å². The molecule has 4 aromatic carbocycles. The number of rotatable bonds is 10. The first-order valence-electron chi connectivity index (χ1n) is 24.1. The highest BCUT2D eigenvalue weighted by Gasteiger charge is 2.45. The Morgan fingerprint density at radius 1 is 0.526 bits per heavy atom. The van der Waals surface area contributed by atoms with Gasteiger partial charge in [0.05, 0.1) is 38.3 Å². The van der Waals surface area contributed by atoms with Gasteiger partial charge in [-0.15, -0.1) is 0 Å². The van der Waals surface area contributed by atoms with Gasteiger partial charge in [-0.1, -0.05) is 106 Å². The molecular formula is C54H48F6N6O12. The molecule has 78 heavy (non-hydrogen) atoms. The van der Waals surface area contributed by atoms with Crippen LogP contribution < -0.4 is 9.47 Å². The lowest BCUT2D eigenvalue weighted by Gasteiger charge is -2.30. The smallest absolute Gasteiger partial charge is 0.422 e. The van der Waals surface area contributed by atoms with E-state index < -0.39 is 105 Å². The molecule has 18 nitrogen and oxygen atoms in total. The number of ether oxygens (including phenoxy) is 4. The van der Waals surface area contributed by atoms with Gasteiger partial charge in [-0.2, -0.15) is 36.3 Å². The number of aliphatic hydroxyl groups excluding tert-OH is 2. The van der Waals surface area contributed by atoms with Crippen LogP contribution in [0.1, 0.15) is 88.8 Å². The van der Waals surface area contributed by atoms with E-state index in [1.54, 1.807) is 102 Å². The van der Waals surface area contributed by atoms with Crippen molar-refractivity contribution < 1.29 is 83.2 Å². The molecule has 0 bridgehead atoms. The van der Waals surface area contributed by atoms with E-state index >= 15 is 0 Å². The van der Waals surface area contributed by atoms with Gasteiger partial charge in [0.25, 0.3) is 11.8 Å². The standard InChI is InChI=1S/2C27H24F3N3O6/c2*1-26(2,3)37-19(34)12-16-13-36-18-11-15(9-10-17(18)22(16)35)24-31-25(39-33-24)23-20(27(28,29)30)21(32-38-23)14-7-5-4-6-8-14/h2*4-11,16,22,35H,12-13H2,1-3H3/t2*16-,22-/m10/s1. The van der Waals surface area contributed by atoms with Crippen LogP contribution >= 0.6 is 0 Å². The first-order chi connectivity index (χ1) is 36.8. The third-order valence-electron chi connectivity index (χ3n) is 12.0. The molecule has 408 valence electrons. The molecule has 0 spiro atoms. The van der Waals surface area contributed by atoms with Crippen LogP contribution in [-0.2, 0) is 31.4 Å². The van der Waals surface area contributed by atoms with Crippen molar-refractivity contribution in [2.75, 3.05) is 13.2 Å². The number of benzene rings is 4. The summed E-state index contributed by atoms with van der Waals surface area (Å²) in [7, 11) is 0. The third-order valence-corrected chi connectivity index (χ3v) is 12.0. The Bertz CT molecular complexity index is 3210. The van der Waals surface area contributed by atoms with E-state index in [0.29, 0.717) is 33.8 Å². The number of hydrogen-bond acceptors (Lipinski definition) is 18. The minimum absolute atomic E-state index is 0.0208. The normalized spacial score (nSPS) is 17.4. The van der Waals surface area contributed by atoms with Crippen LogP contribution in [0.3, 0.4) is 0 Å². The number of nitrogens with zero attached hydrogens (tertiary/aromatic N) is 6. The molecule has 10 rings (SSSR count). The highest BCUT2D eigenvalue weighted by molar-refractivity contribution is 5.74. The summed E-state index contributed by atoms with van der Waals surface area (Å²) in [5.41, 5.74) is -2.26. The maximum atomic E-state index is 14.0. The summed E-state index contributed by atoms with van der Waals surface area (Å²) in [6, 6.07) is 25.0. The van der Waals surface area contributed by atoms with Crippen molar-refractivity contribution >= 4 is 11.9 Å². The second-order valence-corrected chi connectivity index (χ2v) is 20.2. The molecule has 0 saturated heterocycles. The van der Waals surface area contributed by atoms with Crippen molar-refractivity contribution in [3.8, 4) is 80.1 Å². The van der Waals surface area contributed by atoms with Crippen molar-refractivity contribution in [2.45, 2.75) is 90.1 Å². The molecule has 0 fully saturated rings. The van der Waals surface area contributed by atoms with Gasteiger partial charge in [0.2, 0.25) is 23.2 Å². The molecule has 4 atom stereocenters. The average Bonchev–Trinajstić information content (AvgIpc) is 4.28. The van der Waals surface area contributed by atoms with Gasteiger partial charge in [0.15, 0.2) is 0 Å². The van der Waals surface area contributed by atoms with Crippen LogP contribution in [-0.4, -0.2) is 77.2 Å². The zero-order chi connectivity index (χ0) is 55.9. The van der Waals surface area contributed by atoms with Gasteiger partial charge >= 0.3 is 24.3 Å². The first-order valence-corrected chi connectivity index (χ1v) is 24.1. The molecule has 4 aromatic heterocycles. The van der Waals surface area contributed by atoms with E-state index in [-0.39, 0.29) is 48.8 Å². The third kappa shape index (κ3) is 12.1. The van der Waals surface area contributed by atoms with Crippen LogP contribution in [0.2, 0.25) is 0 Å². The highest BCUT2D eigenvalue weighted by atomic mass is 19.4. The molecule has 0 saturated carbocycles. The molecular weight excluding hydrogens is 1040 g/mol. The Morgan fingerprint density at radius 2 is 0.897 bits per heavy atom. The zero-order valence-corrected chi connectivity index (χ0v) is 42.3. The largest absolute Gasteiger partial charge is 0.493 e. The quantitative estimate of drug-likeness (QED) is 0.0955. The van der Waals surface area contributed by atoms with Crippen LogP contribution in [0.4, 0.5) is 26.3 Å². The summed E-state index contributed by atoms with van der Waals surface area (Å²) < 4.78 is 127. The Balaban J connectivity index is 0.000000190. The molecule has 8 aromatic rings. The molecule has 0 aliphatic carbocycles. The van der Waals surface area contributed by atoms with Gasteiger partial charge in [0, 0.05) is 45.2 Å². The summed E-state index contributed by atoms with van der Waals surface area (Å²) >= 11 is 0. The molecule has 0 unspecified atom stereocenters. The summed E-state index contributed by atoms with van der Waals surface area (Å²) in [5, 5.41) is 36.5. The minimum Gasteiger partial charge on any atom is -0.493 e. The van der Waals surface area contributed by atoms with E-state index in [4.69, 9.17) is 37.0 Å². The Kier molecular flexibility index (Phi) is 14.8. The van der Waals surface area contributed by atoms with Crippen molar-refractivity contribution in [3.05, 3.63) is 119 Å². The number of aliphatic hydroxyl groups is 2.